The molecule has 5 rings (SSSR count). The number of esters is 2. The van der Waals surface area contributed by atoms with E-state index in [2.05, 4.69) is 23.8 Å². The second-order valence-electron chi connectivity index (χ2n) is 20.3. The van der Waals surface area contributed by atoms with E-state index in [9.17, 15) is 24.2 Å². The molecule has 0 aliphatic carbocycles. The molecule has 10 nitrogen and oxygen atoms in total. The Morgan fingerprint density at radius 3 is 1.12 bits per heavy atom. The normalized spacial score (nSPS) is 11.4. The summed E-state index contributed by atoms with van der Waals surface area (Å²) in [4.78, 5) is 34.4. The van der Waals surface area contributed by atoms with Gasteiger partial charge < -0.3 is 29.2 Å². The molecule has 11 heteroatoms. The summed E-state index contributed by atoms with van der Waals surface area (Å²) in [5.41, 5.74) is 1.57. The van der Waals surface area contributed by atoms with E-state index in [1.54, 1.807) is 60.7 Å². The van der Waals surface area contributed by atoms with E-state index in [1.165, 1.54) is 209 Å². The van der Waals surface area contributed by atoms with Crippen molar-refractivity contribution in [1.29, 1.82) is 0 Å². The summed E-state index contributed by atoms with van der Waals surface area (Å²) in [5, 5.41) is 21.5. The minimum atomic E-state index is -0.618. The summed E-state index contributed by atoms with van der Waals surface area (Å²) in [7, 11) is 0. The highest BCUT2D eigenvalue weighted by Gasteiger charge is 2.13. The summed E-state index contributed by atoms with van der Waals surface area (Å²) in [5.74, 6) is -0.537. The van der Waals surface area contributed by atoms with Crippen LogP contribution in [-0.4, -0.2) is 47.8 Å². The fourth-order valence-corrected chi connectivity index (χ4v) is 9.04. The summed E-state index contributed by atoms with van der Waals surface area (Å²) in [6, 6.07) is 26.4. The molecule has 2 N–H and O–H groups in total. The molecular weight excluding hydrogens is 968 g/mol. The molecular formula is C66H87FN2O8. The van der Waals surface area contributed by atoms with Gasteiger partial charge in [0.25, 0.3) is 0 Å². The minimum absolute atomic E-state index is 0.0438. The van der Waals surface area contributed by atoms with Crippen molar-refractivity contribution in [1.82, 2.24) is 0 Å². The number of carbonyl (C=O) groups is 2. The van der Waals surface area contributed by atoms with Crippen LogP contribution in [-0.2, 0) is 0 Å². The molecule has 0 aliphatic rings. The third-order valence-corrected chi connectivity index (χ3v) is 13.8. The highest BCUT2D eigenvalue weighted by Crippen LogP contribution is 2.29. The number of hydrogen-bond donors (Lipinski definition) is 2. The topological polar surface area (TPSA) is 136 Å². The molecule has 0 fully saturated rings. The Morgan fingerprint density at radius 2 is 0.753 bits per heavy atom. The zero-order valence-electron chi connectivity index (χ0n) is 46.3. The smallest absolute Gasteiger partial charge is 0.343 e. The van der Waals surface area contributed by atoms with Crippen LogP contribution in [0.5, 0.6) is 34.5 Å². The van der Waals surface area contributed by atoms with Crippen LogP contribution in [0.3, 0.4) is 0 Å². The summed E-state index contributed by atoms with van der Waals surface area (Å²) in [6.45, 7) is 5.78. The minimum Gasteiger partial charge on any atom is -0.507 e. The number of benzene rings is 5. The van der Waals surface area contributed by atoms with Crippen LogP contribution >= 0.6 is 0 Å². The molecule has 0 aromatic heterocycles. The Balaban J connectivity index is 0.969. The fourth-order valence-electron chi connectivity index (χ4n) is 9.04. The van der Waals surface area contributed by atoms with Crippen molar-refractivity contribution in [2.24, 2.45) is 9.98 Å². The molecule has 5 aromatic carbocycles. The van der Waals surface area contributed by atoms with Crippen LogP contribution in [0.2, 0.25) is 0 Å². The fraction of sp³-hybridized carbons (Fsp3) is 0.485. The van der Waals surface area contributed by atoms with E-state index in [-0.39, 0.29) is 34.2 Å². The molecule has 0 unspecified atom stereocenters. The number of phenolic OH excluding ortho intramolecular Hbond substituents is 2. The van der Waals surface area contributed by atoms with Gasteiger partial charge in [0.1, 0.15) is 46.0 Å². The van der Waals surface area contributed by atoms with Crippen LogP contribution in [0.1, 0.15) is 225 Å². The SMILES string of the molecule is CCCCCCCCCCCCCCCCOc1ccc(C(=O)Oc2ccc(C=Nc3ccc(F)c(N=Cc4ccc(OC(=O)c5ccc(OCCCCCCCCCCCCCCCC)cc5)cc4O)c3)c(O)c2)cc1. The first-order valence-corrected chi connectivity index (χ1v) is 29.2. The van der Waals surface area contributed by atoms with Gasteiger partial charge in [0, 0.05) is 35.7 Å². The van der Waals surface area contributed by atoms with Gasteiger partial charge >= 0.3 is 11.9 Å². The number of hydrogen-bond acceptors (Lipinski definition) is 10. The first-order chi connectivity index (χ1) is 37.7. The Bertz CT molecular complexity index is 2510. The Hall–Kier alpha value is -6.49. The molecule has 416 valence electrons. The van der Waals surface area contributed by atoms with E-state index in [1.807, 2.05) is 0 Å². The summed E-state index contributed by atoms with van der Waals surface area (Å²) < 4.78 is 37.7. The number of rotatable bonds is 40. The van der Waals surface area contributed by atoms with Crippen molar-refractivity contribution in [3.8, 4) is 34.5 Å². The first kappa shape index (κ1) is 61.4. The maximum atomic E-state index is 14.9. The molecule has 0 radical (unpaired) electrons. The molecule has 0 saturated heterocycles. The maximum Gasteiger partial charge on any atom is 0.343 e. The highest BCUT2D eigenvalue weighted by atomic mass is 19.1. The van der Waals surface area contributed by atoms with E-state index in [0.29, 0.717) is 47.1 Å². The van der Waals surface area contributed by atoms with Crippen LogP contribution in [0.4, 0.5) is 15.8 Å². The number of halogens is 1. The van der Waals surface area contributed by atoms with Gasteiger partial charge in [-0.3, -0.25) is 9.98 Å². The number of carbonyl (C=O) groups excluding carboxylic acids is 2. The van der Waals surface area contributed by atoms with Gasteiger partial charge in [-0.1, -0.05) is 181 Å². The van der Waals surface area contributed by atoms with E-state index >= 15 is 0 Å². The van der Waals surface area contributed by atoms with Gasteiger partial charge in [0.05, 0.1) is 30.0 Å². The number of nitrogens with zero attached hydrogens (tertiary/aromatic N) is 2. The van der Waals surface area contributed by atoms with Gasteiger partial charge in [0.15, 0.2) is 0 Å². The number of aliphatic imine (C=N–C) groups is 2. The number of phenols is 2. The van der Waals surface area contributed by atoms with Crippen LogP contribution in [0.15, 0.2) is 113 Å². The quantitative estimate of drug-likeness (QED) is 0.0171. The third-order valence-electron chi connectivity index (χ3n) is 13.8. The molecule has 0 atom stereocenters. The second-order valence-corrected chi connectivity index (χ2v) is 20.3. The molecule has 77 heavy (non-hydrogen) atoms. The summed E-state index contributed by atoms with van der Waals surface area (Å²) in [6.07, 6.45) is 39.2. The number of aromatic hydroxyl groups is 2. The van der Waals surface area contributed by atoms with Gasteiger partial charge in [-0.05, 0) is 104 Å². The third kappa shape index (κ3) is 25.0. The van der Waals surface area contributed by atoms with Crippen molar-refractivity contribution in [2.75, 3.05) is 13.2 Å². The lowest BCUT2D eigenvalue weighted by Crippen LogP contribution is -2.08. The van der Waals surface area contributed by atoms with E-state index < -0.39 is 17.8 Å². The van der Waals surface area contributed by atoms with Crippen LogP contribution in [0, 0.1) is 5.82 Å². The summed E-state index contributed by atoms with van der Waals surface area (Å²) >= 11 is 0. The zero-order chi connectivity index (χ0) is 54.6. The van der Waals surface area contributed by atoms with Crippen LogP contribution < -0.4 is 18.9 Å². The van der Waals surface area contributed by atoms with Gasteiger partial charge in [-0.2, -0.15) is 0 Å². The first-order valence-electron chi connectivity index (χ1n) is 29.2. The van der Waals surface area contributed by atoms with Crippen LogP contribution in [0.25, 0.3) is 0 Å². The monoisotopic (exact) mass is 1050 g/mol. The lowest BCUT2D eigenvalue weighted by atomic mass is 10.0. The average Bonchev–Trinajstić information content (AvgIpc) is 3.43. The molecule has 0 heterocycles. The molecule has 0 amide bonds. The standard InChI is InChI=1S/C66H87FN2O8/c1-3-5-7-9-11-13-15-17-19-21-23-25-27-29-45-74-57-38-31-52(32-39-57)65(72)76-59-42-35-54(63(70)48-59)50-68-56-37-44-61(67)62(47-56)69-51-55-36-43-60(49-64(55)71)77-66(73)53-33-40-58(41-34-53)75-46-30-28-26-24-22-20-18-16-14-12-10-8-6-4-2/h31-44,47-51,70-71H,3-30,45-46H2,1-2H3. The van der Waals surface area contributed by atoms with Crippen molar-refractivity contribution in [2.45, 2.75) is 194 Å². The van der Waals surface area contributed by atoms with Crippen molar-refractivity contribution >= 4 is 35.7 Å². The van der Waals surface area contributed by atoms with Crippen molar-refractivity contribution < 1.29 is 43.1 Å². The Labute approximate surface area is 459 Å². The Kier molecular flexibility index (Phi) is 29.7. The molecule has 0 saturated carbocycles. The largest absolute Gasteiger partial charge is 0.507 e. The van der Waals surface area contributed by atoms with Gasteiger partial charge in [-0.25, -0.2) is 14.0 Å². The average molecular weight is 1060 g/mol. The number of ether oxygens (including phenoxy) is 4. The molecule has 0 bridgehead atoms. The maximum absolute atomic E-state index is 14.9. The van der Waals surface area contributed by atoms with Gasteiger partial charge in [-0.15, -0.1) is 0 Å². The lowest BCUT2D eigenvalue weighted by Gasteiger charge is -2.09. The zero-order valence-corrected chi connectivity index (χ0v) is 46.3. The van der Waals surface area contributed by atoms with E-state index in [4.69, 9.17) is 18.9 Å². The van der Waals surface area contributed by atoms with Gasteiger partial charge in [0.2, 0.25) is 0 Å². The molecule has 0 spiro atoms. The highest BCUT2D eigenvalue weighted by molar-refractivity contribution is 5.93. The predicted octanol–water partition coefficient (Wildman–Crippen LogP) is 18.9. The second kappa shape index (κ2) is 37.3. The lowest BCUT2D eigenvalue weighted by molar-refractivity contribution is 0.0724. The van der Waals surface area contributed by atoms with E-state index in [0.717, 1.165) is 25.7 Å². The van der Waals surface area contributed by atoms with Crippen molar-refractivity contribution in [3.05, 3.63) is 131 Å². The Morgan fingerprint density at radius 1 is 0.416 bits per heavy atom. The van der Waals surface area contributed by atoms with Crippen molar-refractivity contribution in [3.63, 3.8) is 0 Å². The molecule has 5 aromatic rings. The predicted molar refractivity (Wildman–Crippen MR) is 312 cm³/mol. The molecule has 0 aliphatic heterocycles. The number of unbranched alkanes of at least 4 members (excludes halogenated alkanes) is 26.